The number of nitrogens with zero attached hydrogens (tertiary/aromatic N) is 1. The standard InChI is InChI=1S/C17H27ClN2O/c1-4-19-12-15-7-8-16(18)11-17(15)20(9-10-21-3)13(2)14-5-6-14/h7-8,11,13-14,19H,4-6,9-10,12H2,1-3H3. The third kappa shape index (κ3) is 4.60. The maximum absolute atomic E-state index is 6.25. The van der Waals surface area contributed by atoms with E-state index in [0.717, 1.165) is 37.2 Å². The van der Waals surface area contributed by atoms with E-state index in [1.165, 1.54) is 24.1 Å². The Balaban J connectivity index is 2.25. The Morgan fingerprint density at radius 1 is 1.43 bits per heavy atom. The second kappa shape index (κ2) is 8.02. The van der Waals surface area contributed by atoms with Gasteiger partial charge in [0.25, 0.3) is 0 Å². The van der Waals surface area contributed by atoms with Crippen LogP contribution in [0.4, 0.5) is 5.69 Å². The SMILES string of the molecule is CCNCc1ccc(Cl)cc1N(CCOC)C(C)C1CC1. The number of benzene rings is 1. The van der Waals surface area contributed by atoms with Crippen molar-refractivity contribution in [3.8, 4) is 0 Å². The van der Waals surface area contributed by atoms with Gasteiger partial charge in [-0.05, 0) is 49.9 Å². The molecule has 1 aliphatic carbocycles. The predicted octanol–water partition coefficient (Wildman–Crippen LogP) is 3.70. The molecule has 0 aromatic heterocycles. The summed E-state index contributed by atoms with van der Waals surface area (Å²) in [5.74, 6) is 0.813. The molecule has 1 unspecified atom stereocenters. The van der Waals surface area contributed by atoms with Crippen LogP contribution >= 0.6 is 11.6 Å². The van der Waals surface area contributed by atoms with E-state index < -0.39 is 0 Å². The third-order valence-corrected chi connectivity index (χ3v) is 4.49. The van der Waals surface area contributed by atoms with Gasteiger partial charge in [0.05, 0.1) is 6.61 Å². The van der Waals surface area contributed by atoms with Gasteiger partial charge in [-0.3, -0.25) is 0 Å². The first-order valence-corrected chi connectivity index (χ1v) is 8.29. The number of rotatable bonds is 9. The van der Waals surface area contributed by atoms with Crippen LogP contribution in [0.15, 0.2) is 18.2 Å². The van der Waals surface area contributed by atoms with E-state index in [0.29, 0.717) is 6.04 Å². The lowest BCUT2D eigenvalue weighted by Crippen LogP contribution is -2.38. The Labute approximate surface area is 133 Å². The fraction of sp³-hybridized carbons (Fsp3) is 0.647. The van der Waals surface area contributed by atoms with Crippen LogP contribution in [0.3, 0.4) is 0 Å². The Morgan fingerprint density at radius 3 is 2.81 bits per heavy atom. The Morgan fingerprint density at radius 2 is 2.19 bits per heavy atom. The molecule has 0 aliphatic heterocycles. The summed E-state index contributed by atoms with van der Waals surface area (Å²) in [4.78, 5) is 2.47. The average molecular weight is 311 g/mol. The second-order valence-corrected chi connectivity index (χ2v) is 6.25. The summed E-state index contributed by atoms with van der Waals surface area (Å²) in [6.45, 7) is 7.95. The summed E-state index contributed by atoms with van der Waals surface area (Å²) >= 11 is 6.25. The predicted molar refractivity (Wildman–Crippen MR) is 90.2 cm³/mol. The summed E-state index contributed by atoms with van der Waals surface area (Å²) in [5.41, 5.74) is 2.56. The van der Waals surface area contributed by atoms with Gasteiger partial charge in [0.2, 0.25) is 0 Å². The summed E-state index contributed by atoms with van der Waals surface area (Å²) in [6, 6.07) is 6.76. The largest absolute Gasteiger partial charge is 0.383 e. The highest BCUT2D eigenvalue weighted by Crippen LogP contribution is 2.38. The first kappa shape index (κ1) is 16.6. The van der Waals surface area contributed by atoms with E-state index >= 15 is 0 Å². The number of methoxy groups -OCH3 is 1. The monoisotopic (exact) mass is 310 g/mol. The number of halogens is 1. The van der Waals surface area contributed by atoms with E-state index in [1.807, 2.05) is 6.07 Å². The molecule has 21 heavy (non-hydrogen) atoms. The number of ether oxygens (including phenoxy) is 1. The van der Waals surface area contributed by atoms with Gasteiger partial charge in [0, 0.05) is 37.0 Å². The minimum atomic E-state index is 0.541. The second-order valence-electron chi connectivity index (χ2n) is 5.82. The highest BCUT2D eigenvalue weighted by atomic mass is 35.5. The molecule has 1 aromatic rings. The van der Waals surface area contributed by atoms with Gasteiger partial charge in [-0.15, -0.1) is 0 Å². The zero-order valence-electron chi connectivity index (χ0n) is 13.4. The number of nitrogens with one attached hydrogen (secondary N) is 1. The van der Waals surface area contributed by atoms with Gasteiger partial charge >= 0.3 is 0 Å². The Kier molecular flexibility index (Phi) is 6.34. The normalized spacial score (nSPS) is 16.0. The number of hydrogen-bond acceptors (Lipinski definition) is 3. The topological polar surface area (TPSA) is 24.5 Å². The molecule has 1 aliphatic rings. The molecule has 118 valence electrons. The van der Waals surface area contributed by atoms with Crippen LogP contribution in [0.2, 0.25) is 5.02 Å². The summed E-state index contributed by atoms with van der Waals surface area (Å²) in [7, 11) is 1.76. The molecule has 0 bridgehead atoms. The highest BCUT2D eigenvalue weighted by molar-refractivity contribution is 6.30. The van der Waals surface area contributed by atoms with Gasteiger partial charge < -0.3 is 15.0 Å². The van der Waals surface area contributed by atoms with E-state index in [9.17, 15) is 0 Å². The van der Waals surface area contributed by atoms with Gasteiger partial charge in [0.15, 0.2) is 0 Å². The van der Waals surface area contributed by atoms with Crippen LogP contribution in [0.1, 0.15) is 32.3 Å². The van der Waals surface area contributed by atoms with Crippen molar-refractivity contribution < 1.29 is 4.74 Å². The molecule has 1 fully saturated rings. The van der Waals surface area contributed by atoms with Crippen molar-refractivity contribution in [2.24, 2.45) is 5.92 Å². The molecule has 0 radical (unpaired) electrons. The summed E-state index contributed by atoms with van der Waals surface area (Å²) < 4.78 is 5.31. The van der Waals surface area contributed by atoms with Crippen molar-refractivity contribution in [1.82, 2.24) is 5.32 Å². The molecule has 0 amide bonds. The van der Waals surface area contributed by atoms with Crippen LogP contribution in [0, 0.1) is 5.92 Å². The zero-order chi connectivity index (χ0) is 15.2. The number of anilines is 1. The van der Waals surface area contributed by atoms with Crippen LogP contribution in [0.5, 0.6) is 0 Å². The van der Waals surface area contributed by atoms with Crippen molar-refractivity contribution in [2.75, 3.05) is 31.7 Å². The van der Waals surface area contributed by atoms with E-state index in [4.69, 9.17) is 16.3 Å². The lowest BCUT2D eigenvalue weighted by atomic mass is 10.1. The molecule has 4 heteroatoms. The lowest BCUT2D eigenvalue weighted by molar-refractivity contribution is 0.202. The van der Waals surface area contributed by atoms with Crippen LogP contribution in [-0.4, -0.2) is 32.8 Å². The Hall–Kier alpha value is -0.770. The zero-order valence-corrected chi connectivity index (χ0v) is 14.1. The third-order valence-electron chi connectivity index (χ3n) is 4.25. The summed E-state index contributed by atoms with van der Waals surface area (Å²) in [5, 5.41) is 4.22. The highest BCUT2D eigenvalue weighted by Gasteiger charge is 2.32. The summed E-state index contributed by atoms with van der Waals surface area (Å²) in [6.07, 6.45) is 2.68. The van der Waals surface area contributed by atoms with Crippen LogP contribution in [0.25, 0.3) is 0 Å². The van der Waals surface area contributed by atoms with Crippen molar-refractivity contribution in [3.05, 3.63) is 28.8 Å². The first-order chi connectivity index (χ1) is 10.2. The maximum Gasteiger partial charge on any atom is 0.0637 e. The molecule has 1 N–H and O–H groups in total. The fourth-order valence-corrected chi connectivity index (χ4v) is 2.95. The molecule has 1 atom stereocenters. The van der Waals surface area contributed by atoms with Gasteiger partial charge in [-0.2, -0.15) is 0 Å². The van der Waals surface area contributed by atoms with Gasteiger partial charge in [0.1, 0.15) is 0 Å². The molecule has 1 aromatic carbocycles. The van der Waals surface area contributed by atoms with Crippen LogP contribution < -0.4 is 10.2 Å². The average Bonchev–Trinajstić information content (AvgIpc) is 3.31. The minimum absolute atomic E-state index is 0.541. The molecule has 0 spiro atoms. The molecule has 0 heterocycles. The molecular weight excluding hydrogens is 284 g/mol. The van der Waals surface area contributed by atoms with Gasteiger partial charge in [-0.1, -0.05) is 24.6 Å². The molecule has 1 saturated carbocycles. The Bertz CT molecular complexity index is 448. The van der Waals surface area contributed by atoms with Crippen molar-refractivity contribution >= 4 is 17.3 Å². The van der Waals surface area contributed by atoms with Gasteiger partial charge in [-0.25, -0.2) is 0 Å². The first-order valence-electron chi connectivity index (χ1n) is 7.92. The number of hydrogen-bond donors (Lipinski definition) is 1. The molecule has 0 saturated heterocycles. The van der Waals surface area contributed by atoms with Crippen molar-refractivity contribution in [1.29, 1.82) is 0 Å². The molecule has 3 nitrogen and oxygen atoms in total. The van der Waals surface area contributed by atoms with E-state index in [-0.39, 0.29) is 0 Å². The molecule has 2 rings (SSSR count). The fourth-order valence-electron chi connectivity index (χ4n) is 2.78. The van der Waals surface area contributed by atoms with Crippen molar-refractivity contribution in [2.45, 2.75) is 39.3 Å². The smallest absolute Gasteiger partial charge is 0.0637 e. The minimum Gasteiger partial charge on any atom is -0.383 e. The van der Waals surface area contributed by atoms with E-state index in [1.54, 1.807) is 7.11 Å². The van der Waals surface area contributed by atoms with E-state index in [2.05, 4.69) is 36.2 Å². The maximum atomic E-state index is 6.25. The van der Waals surface area contributed by atoms with Crippen molar-refractivity contribution in [3.63, 3.8) is 0 Å². The lowest BCUT2D eigenvalue weighted by Gasteiger charge is -2.33. The quantitative estimate of drug-likeness (QED) is 0.752. The van der Waals surface area contributed by atoms with Crippen LogP contribution in [-0.2, 0) is 11.3 Å². The molecular formula is C17H27ClN2O.